The number of hydrogen-bond acceptors (Lipinski definition) is 4. The summed E-state index contributed by atoms with van der Waals surface area (Å²) in [6.07, 6.45) is 3.45. The molecular formula is C19H18O4. The minimum absolute atomic E-state index is 0.357. The Labute approximate surface area is 134 Å². The molecule has 4 nitrogen and oxygen atoms in total. The first-order chi connectivity index (χ1) is 11.0. The summed E-state index contributed by atoms with van der Waals surface area (Å²) >= 11 is 0. The van der Waals surface area contributed by atoms with E-state index in [2.05, 4.69) is 6.08 Å². The Morgan fingerprint density at radius 3 is 1.96 bits per heavy atom. The van der Waals surface area contributed by atoms with Gasteiger partial charge in [0.1, 0.15) is 11.5 Å². The van der Waals surface area contributed by atoms with Crippen LogP contribution >= 0.6 is 0 Å². The second kappa shape index (κ2) is 5.88. The molecule has 0 N–H and O–H groups in total. The first-order valence-electron chi connectivity index (χ1n) is 7.56. The molecule has 2 aromatic carbocycles. The minimum Gasteiger partial charge on any atom is -0.426 e. The summed E-state index contributed by atoms with van der Waals surface area (Å²) in [5.74, 6) is 0.433. The molecule has 118 valence electrons. The van der Waals surface area contributed by atoms with E-state index in [-0.39, 0.29) is 11.9 Å². The molecule has 0 saturated carbocycles. The molecule has 1 aliphatic carbocycles. The predicted octanol–water partition coefficient (Wildman–Crippen LogP) is 3.74. The van der Waals surface area contributed by atoms with Crippen molar-refractivity contribution >= 4 is 22.7 Å². The lowest BCUT2D eigenvalue weighted by molar-refractivity contribution is -0.133. The summed E-state index contributed by atoms with van der Waals surface area (Å²) < 4.78 is 11.0. The van der Waals surface area contributed by atoms with Crippen molar-refractivity contribution in [3.8, 4) is 11.5 Å². The SMILES string of the molecule is CC(=O)Oc1c2c(c(OC(C)=O)c3ccccc13)CC(C)=CC2. The standard InChI is InChI=1S/C19H18O4/c1-11-8-9-16-17(10-11)19(23-13(3)21)15-7-5-4-6-14(15)18(16)22-12(2)20/h4-8H,9-10H2,1-3H3. The van der Waals surface area contributed by atoms with E-state index in [4.69, 9.17) is 9.47 Å². The van der Waals surface area contributed by atoms with Crippen LogP contribution in [0.1, 0.15) is 31.9 Å². The molecule has 0 aromatic heterocycles. The summed E-state index contributed by atoms with van der Waals surface area (Å²) in [5, 5.41) is 1.57. The molecule has 0 unspecified atom stereocenters. The van der Waals surface area contributed by atoms with Gasteiger partial charge in [-0.1, -0.05) is 35.9 Å². The van der Waals surface area contributed by atoms with Gasteiger partial charge in [0.05, 0.1) is 0 Å². The van der Waals surface area contributed by atoms with Gasteiger partial charge in [-0.3, -0.25) is 9.59 Å². The zero-order chi connectivity index (χ0) is 16.6. The summed E-state index contributed by atoms with van der Waals surface area (Å²) in [4.78, 5) is 23.1. The maximum absolute atomic E-state index is 11.6. The molecule has 0 spiro atoms. The average Bonchev–Trinajstić information content (AvgIpc) is 2.49. The van der Waals surface area contributed by atoms with Gasteiger partial charge in [-0.2, -0.15) is 0 Å². The van der Waals surface area contributed by atoms with Crippen LogP contribution in [-0.4, -0.2) is 11.9 Å². The van der Waals surface area contributed by atoms with Crippen molar-refractivity contribution in [2.45, 2.75) is 33.6 Å². The van der Waals surface area contributed by atoms with Crippen molar-refractivity contribution in [1.29, 1.82) is 0 Å². The number of fused-ring (bicyclic) bond motifs is 2. The van der Waals surface area contributed by atoms with E-state index in [1.807, 2.05) is 31.2 Å². The van der Waals surface area contributed by atoms with Crippen LogP contribution in [0.5, 0.6) is 11.5 Å². The third-order valence-electron chi connectivity index (χ3n) is 3.93. The molecule has 0 amide bonds. The van der Waals surface area contributed by atoms with Crippen LogP contribution in [0.4, 0.5) is 0 Å². The van der Waals surface area contributed by atoms with Crippen LogP contribution < -0.4 is 9.47 Å². The fourth-order valence-corrected chi connectivity index (χ4v) is 3.03. The fraction of sp³-hybridized carbons (Fsp3) is 0.263. The Kier molecular flexibility index (Phi) is 3.90. The lowest BCUT2D eigenvalue weighted by atomic mass is 9.87. The number of hydrogen-bond donors (Lipinski definition) is 0. The van der Waals surface area contributed by atoms with Gasteiger partial charge in [0.25, 0.3) is 0 Å². The molecule has 0 heterocycles. The van der Waals surface area contributed by atoms with E-state index < -0.39 is 0 Å². The quantitative estimate of drug-likeness (QED) is 0.482. The van der Waals surface area contributed by atoms with Gasteiger partial charge >= 0.3 is 11.9 Å². The number of carbonyl (C=O) groups excluding carboxylic acids is 2. The van der Waals surface area contributed by atoms with Crippen LogP contribution in [0.3, 0.4) is 0 Å². The summed E-state index contributed by atoms with van der Waals surface area (Å²) in [6.45, 7) is 4.83. The van der Waals surface area contributed by atoms with Crippen molar-refractivity contribution in [2.75, 3.05) is 0 Å². The highest BCUT2D eigenvalue weighted by atomic mass is 16.5. The Balaban J connectivity index is 2.36. The largest absolute Gasteiger partial charge is 0.426 e. The lowest BCUT2D eigenvalue weighted by Gasteiger charge is -2.23. The van der Waals surface area contributed by atoms with E-state index in [1.165, 1.54) is 19.4 Å². The van der Waals surface area contributed by atoms with Crippen molar-refractivity contribution in [1.82, 2.24) is 0 Å². The molecule has 0 aliphatic heterocycles. The van der Waals surface area contributed by atoms with E-state index >= 15 is 0 Å². The van der Waals surface area contributed by atoms with Crippen molar-refractivity contribution in [3.05, 3.63) is 47.0 Å². The molecule has 4 heteroatoms. The summed E-state index contributed by atoms with van der Waals surface area (Å²) in [7, 11) is 0. The highest BCUT2D eigenvalue weighted by Crippen LogP contribution is 2.44. The van der Waals surface area contributed by atoms with E-state index in [1.54, 1.807) is 0 Å². The first-order valence-corrected chi connectivity index (χ1v) is 7.56. The second-order valence-electron chi connectivity index (χ2n) is 5.78. The second-order valence-corrected chi connectivity index (χ2v) is 5.78. The monoisotopic (exact) mass is 310 g/mol. The van der Waals surface area contributed by atoms with Gasteiger partial charge in [-0.05, 0) is 19.8 Å². The number of allylic oxidation sites excluding steroid dienone is 2. The number of carbonyl (C=O) groups is 2. The Hall–Kier alpha value is -2.62. The molecule has 3 rings (SSSR count). The van der Waals surface area contributed by atoms with E-state index in [9.17, 15) is 9.59 Å². The van der Waals surface area contributed by atoms with Crippen LogP contribution in [0.2, 0.25) is 0 Å². The van der Waals surface area contributed by atoms with Gasteiger partial charge in [0, 0.05) is 35.7 Å². The van der Waals surface area contributed by atoms with E-state index in [0.717, 1.165) is 21.9 Å². The minimum atomic E-state index is -0.358. The van der Waals surface area contributed by atoms with Gasteiger partial charge in [0.2, 0.25) is 0 Å². The predicted molar refractivity (Wildman–Crippen MR) is 87.7 cm³/mol. The molecule has 0 radical (unpaired) electrons. The normalized spacial score (nSPS) is 13.3. The number of rotatable bonds is 2. The molecule has 23 heavy (non-hydrogen) atoms. The molecule has 0 fully saturated rings. The zero-order valence-electron chi connectivity index (χ0n) is 13.4. The van der Waals surface area contributed by atoms with Crippen molar-refractivity contribution in [2.24, 2.45) is 0 Å². The smallest absolute Gasteiger partial charge is 0.308 e. The molecule has 0 saturated heterocycles. The Morgan fingerprint density at radius 1 is 0.913 bits per heavy atom. The van der Waals surface area contributed by atoms with Gasteiger partial charge in [-0.25, -0.2) is 0 Å². The highest BCUT2D eigenvalue weighted by Gasteiger charge is 2.24. The number of benzene rings is 2. The molecule has 0 atom stereocenters. The third kappa shape index (κ3) is 2.84. The topological polar surface area (TPSA) is 52.6 Å². The highest BCUT2D eigenvalue weighted by molar-refractivity contribution is 5.98. The van der Waals surface area contributed by atoms with Gasteiger partial charge in [0.15, 0.2) is 0 Å². The summed E-state index contributed by atoms with van der Waals surface area (Å²) in [6, 6.07) is 7.52. The number of esters is 2. The Bertz CT molecular complexity index is 846. The maximum atomic E-state index is 11.6. The van der Waals surface area contributed by atoms with Crippen LogP contribution in [0, 0.1) is 0 Å². The van der Waals surface area contributed by atoms with Crippen molar-refractivity contribution in [3.63, 3.8) is 0 Å². The van der Waals surface area contributed by atoms with Gasteiger partial charge in [-0.15, -0.1) is 0 Å². The van der Waals surface area contributed by atoms with Crippen LogP contribution in [0.25, 0.3) is 10.8 Å². The molecular weight excluding hydrogens is 292 g/mol. The first kappa shape index (κ1) is 15.3. The lowest BCUT2D eigenvalue weighted by Crippen LogP contribution is -2.13. The summed E-state index contributed by atoms with van der Waals surface area (Å²) in [5.41, 5.74) is 3.05. The molecule has 0 bridgehead atoms. The average molecular weight is 310 g/mol. The molecule has 1 aliphatic rings. The van der Waals surface area contributed by atoms with Crippen LogP contribution in [0.15, 0.2) is 35.9 Å². The zero-order valence-corrected chi connectivity index (χ0v) is 13.4. The Morgan fingerprint density at radius 2 is 1.43 bits per heavy atom. The maximum Gasteiger partial charge on any atom is 0.308 e. The molecule has 2 aromatic rings. The van der Waals surface area contributed by atoms with Gasteiger partial charge < -0.3 is 9.47 Å². The fourth-order valence-electron chi connectivity index (χ4n) is 3.03. The van der Waals surface area contributed by atoms with E-state index in [0.29, 0.717) is 24.3 Å². The number of ether oxygens (including phenoxy) is 2. The third-order valence-corrected chi connectivity index (χ3v) is 3.93. The van der Waals surface area contributed by atoms with Crippen LogP contribution in [-0.2, 0) is 22.4 Å². The van der Waals surface area contributed by atoms with Crippen molar-refractivity contribution < 1.29 is 19.1 Å².